The molecule has 0 aliphatic heterocycles. The Bertz CT molecular complexity index is 267. The van der Waals surface area contributed by atoms with Crippen molar-refractivity contribution in [2.24, 2.45) is 0 Å². The van der Waals surface area contributed by atoms with Crippen LogP contribution in [0.2, 0.25) is 0 Å². The molecule has 1 aliphatic carbocycles. The molecule has 0 bridgehead atoms. The summed E-state index contributed by atoms with van der Waals surface area (Å²) in [6.07, 6.45) is 14.3. The van der Waals surface area contributed by atoms with Crippen LogP contribution in [0.4, 0.5) is 0 Å². The maximum atomic E-state index is 5.75. The fraction of sp³-hybridized carbons (Fsp3) is 0.231. The van der Waals surface area contributed by atoms with Crippen LogP contribution < -0.4 is 0 Å². The maximum Gasteiger partial charge on any atom is 0.133 e. The molecule has 2 N–H and O–H groups in total. The molecule has 0 saturated carbocycles. The van der Waals surface area contributed by atoms with Gasteiger partial charge in [0.25, 0.3) is 0 Å². The van der Waals surface area contributed by atoms with Crippen LogP contribution in [0.3, 0.4) is 0 Å². The number of rotatable bonds is 3. The summed E-state index contributed by atoms with van der Waals surface area (Å²) in [6.45, 7) is 7.60. The molecule has 0 atom stereocenters. The highest BCUT2D eigenvalue weighted by molar-refractivity contribution is 5.41. The van der Waals surface area contributed by atoms with Gasteiger partial charge in [0.05, 0.1) is 0 Å². The molecule has 0 aromatic carbocycles. The van der Waals surface area contributed by atoms with Crippen molar-refractivity contribution in [2.45, 2.75) is 12.8 Å². The van der Waals surface area contributed by atoms with Gasteiger partial charge in [0.2, 0.25) is 0 Å². The topological polar surface area (TPSA) is 22.9 Å². The second kappa shape index (κ2) is 8.27. The van der Waals surface area contributed by atoms with Gasteiger partial charge in [-0.1, -0.05) is 49.6 Å². The Balaban J connectivity index is 0.000000791. The Morgan fingerprint density at radius 2 is 2.21 bits per heavy atom. The smallest absolute Gasteiger partial charge is 0.133 e. The Kier molecular flexibility index (Phi) is 7.48. The summed E-state index contributed by atoms with van der Waals surface area (Å²) < 4.78 is 0. The Hall–Kier alpha value is -1.34. The third-order valence-corrected chi connectivity index (χ3v) is 1.86. The van der Waals surface area contributed by atoms with Crippen LogP contribution in [-0.2, 0) is 0 Å². The molecule has 0 unspecified atom stereocenters. The van der Waals surface area contributed by atoms with E-state index in [1.165, 1.54) is 12.7 Å². The van der Waals surface area contributed by atoms with E-state index in [1.54, 1.807) is 6.08 Å². The first-order valence-electron chi connectivity index (χ1n) is 4.68. The summed E-state index contributed by atoms with van der Waals surface area (Å²) in [4.78, 5) is 0. The molecule has 1 nitrogen and oxygen atoms in total. The standard InChI is InChI=1S/C12H14.CH4O/c1-3-4-8-11(2)12-9-6-5-7-10-12;1-2/h3-6,8-9H,1-2,7,10H2;2H,1H3/p+1/b8-4-;. The molecule has 0 spiro atoms. The molecule has 0 saturated heterocycles. The van der Waals surface area contributed by atoms with E-state index < -0.39 is 0 Å². The second-order valence-electron chi connectivity index (χ2n) is 2.78. The number of hydrogen-bond donors (Lipinski definition) is 0. The number of hydrogen-bond acceptors (Lipinski definition) is 0. The van der Waals surface area contributed by atoms with E-state index >= 15 is 0 Å². The third kappa shape index (κ3) is 4.63. The van der Waals surface area contributed by atoms with Gasteiger partial charge in [0.1, 0.15) is 7.11 Å². The lowest BCUT2D eigenvalue weighted by Crippen LogP contribution is -1.88. The lowest BCUT2D eigenvalue weighted by Gasteiger charge is -2.07. The van der Waals surface area contributed by atoms with Crippen molar-refractivity contribution < 1.29 is 5.11 Å². The fourth-order valence-electron chi connectivity index (χ4n) is 1.16. The summed E-state index contributed by atoms with van der Waals surface area (Å²) in [5, 5.41) is 5.75. The van der Waals surface area contributed by atoms with Crippen LogP contribution >= 0.6 is 0 Å². The minimum absolute atomic E-state index is 1.10. The van der Waals surface area contributed by atoms with Gasteiger partial charge in [-0.2, -0.15) is 0 Å². The largest absolute Gasteiger partial charge is 0.448 e. The summed E-state index contributed by atoms with van der Waals surface area (Å²) in [6, 6.07) is 0. The molecule has 1 heteroatoms. The van der Waals surface area contributed by atoms with Gasteiger partial charge in [0, 0.05) is 0 Å². The quantitative estimate of drug-likeness (QED) is 0.483. The zero-order valence-corrected chi connectivity index (χ0v) is 8.79. The summed E-state index contributed by atoms with van der Waals surface area (Å²) >= 11 is 0. The predicted octanol–water partition coefficient (Wildman–Crippen LogP) is 2.90. The van der Waals surface area contributed by atoms with Crippen molar-refractivity contribution in [2.75, 3.05) is 7.11 Å². The van der Waals surface area contributed by atoms with E-state index in [2.05, 4.69) is 31.4 Å². The Labute approximate surface area is 86.5 Å². The molecule has 0 aromatic heterocycles. The van der Waals surface area contributed by atoms with Crippen molar-refractivity contribution in [3.8, 4) is 0 Å². The number of allylic oxidation sites excluding steroid dienone is 8. The molecule has 0 radical (unpaired) electrons. The normalized spacial score (nSPS) is 14.3. The predicted molar refractivity (Wildman–Crippen MR) is 64.5 cm³/mol. The van der Waals surface area contributed by atoms with Gasteiger partial charge in [-0.25, -0.2) is 0 Å². The van der Waals surface area contributed by atoms with E-state index in [1.807, 2.05) is 12.2 Å². The summed E-state index contributed by atoms with van der Waals surface area (Å²) in [5.74, 6) is 0. The van der Waals surface area contributed by atoms with Crippen molar-refractivity contribution in [1.82, 2.24) is 0 Å². The average molecular weight is 191 g/mol. The van der Waals surface area contributed by atoms with Crippen molar-refractivity contribution in [3.05, 3.63) is 60.8 Å². The van der Waals surface area contributed by atoms with Crippen LogP contribution in [0.25, 0.3) is 0 Å². The molecule has 1 rings (SSSR count). The van der Waals surface area contributed by atoms with Crippen LogP contribution in [0.5, 0.6) is 0 Å². The lowest BCUT2D eigenvalue weighted by molar-refractivity contribution is 0.399. The SMILES string of the molecule is C=C/C=C\C(=C)C1=CC=CCC1.C[OH2+]. The Morgan fingerprint density at radius 1 is 1.50 bits per heavy atom. The molecule has 1 aliphatic rings. The molecule has 76 valence electrons. The first kappa shape index (κ1) is 12.7. The zero-order chi connectivity index (χ0) is 10.8. The van der Waals surface area contributed by atoms with Crippen molar-refractivity contribution in [3.63, 3.8) is 0 Å². The highest BCUT2D eigenvalue weighted by Crippen LogP contribution is 2.19. The minimum Gasteiger partial charge on any atom is -0.448 e. The third-order valence-electron chi connectivity index (χ3n) is 1.86. The minimum atomic E-state index is 1.10. The maximum absolute atomic E-state index is 5.75. The molecule has 0 amide bonds. The van der Waals surface area contributed by atoms with Crippen LogP contribution in [-0.4, -0.2) is 12.2 Å². The summed E-state index contributed by atoms with van der Waals surface area (Å²) in [5.41, 5.74) is 2.43. The summed E-state index contributed by atoms with van der Waals surface area (Å²) in [7, 11) is 1.25. The fourth-order valence-corrected chi connectivity index (χ4v) is 1.16. The van der Waals surface area contributed by atoms with Crippen LogP contribution in [0.15, 0.2) is 60.8 Å². The average Bonchev–Trinajstić information content (AvgIpc) is 2.30. The first-order valence-corrected chi connectivity index (χ1v) is 4.68. The van der Waals surface area contributed by atoms with Gasteiger partial charge in [-0.15, -0.1) is 0 Å². The highest BCUT2D eigenvalue weighted by atomic mass is 16.2. The molecule has 0 aromatic rings. The van der Waals surface area contributed by atoms with Gasteiger partial charge < -0.3 is 5.11 Å². The van der Waals surface area contributed by atoms with Crippen molar-refractivity contribution in [1.29, 1.82) is 0 Å². The molecule has 14 heavy (non-hydrogen) atoms. The molecular formula is C13H19O+. The van der Waals surface area contributed by atoms with E-state index in [-0.39, 0.29) is 0 Å². The molecule has 0 heterocycles. The monoisotopic (exact) mass is 191 g/mol. The van der Waals surface area contributed by atoms with E-state index in [0.29, 0.717) is 0 Å². The van der Waals surface area contributed by atoms with E-state index in [0.717, 1.165) is 18.4 Å². The van der Waals surface area contributed by atoms with E-state index in [9.17, 15) is 0 Å². The highest BCUT2D eigenvalue weighted by Gasteiger charge is 1.99. The molecule has 0 fully saturated rings. The molecular weight excluding hydrogens is 172 g/mol. The van der Waals surface area contributed by atoms with Gasteiger partial charge >= 0.3 is 0 Å². The first-order chi connectivity index (χ1) is 6.84. The second-order valence-corrected chi connectivity index (χ2v) is 2.78. The van der Waals surface area contributed by atoms with Gasteiger partial charge in [0.15, 0.2) is 0 Å². The van der Waals surface area contributed by atoms with Crippen molar-refractivity contribution >= 4 is 0 Å². The van der Waals surface area contributed by atoms with Crippen LogP contribution in [0.1, 0.15) is 12.8 Å². The Morgan fingerprint density at radius 3 is 2.71 bits per heavy atom. The van der Waals surface area contributed by atoms with E-state index in [4.69, 9.17) is 5.11 Å². The van der Waals surface area contributed by atoms with Gasteiger partial charge in [-0.3, -0.25) is 0 Å². The lowest BCUT2D eigenvalue weighted by atomic mass is 9.98. The van der Waals surface area contributed by atoms with Gasteiger partial charge in [-0.05, 0) is 24.0 Å². The van der Waals surface area contributed by atoms with Crippen LogP contribution in [0, 0.1) is 0 Å². The zero-order valence-electron chi connectivity index (χ0n) is 8.79.